The first-order valence-electron chi connectivity index (χ1n) is 6.04. The lowest BCUT2D eigenvalue weighted by Crippen LogP contribution is -1.94. The third kappa shape index (κ3) is 2.97. The molecule has 1 atom stereocenters. The Kier molecular flexibility index (Phi) is 3.77. The fourth-order valence-electron chi connectivity index (χ4n) is 1.60. The fourth-order valence-corrected chi connectivity index (χ4v) is 1.60. The number of aromatic nitrogens is 2. The largest absolute Gasteiger partial charge is 0.438 e. The lowest BCUT2D eigenvalue weighted by atomic mass is 9.99. The molecule has 1 unspecified atom stereocenters. The Balaban J connectivity index is 2.08. The molecule has 0 amide bonds. The van der Waals surface area contributed by atoms with E-state index in [-0.39, 0.29) is 0 Å². The normalized spacial score (nSPS) is 12.1. The first-order chi connectivity index (χ1) is 8.69. The van der Waals surface area contributed by atoms with Crippen molar-refractivity contribution in [2.75, 3.05) is 5.73 Å². The molecule has 0 saturated heterocycles. The van der Waals surface area contributed by atoms with E-state index in [0.717, 1.165) is 12.2 Å². The molecule has 1 aromatic carbocycles. The summed E-state index contributed by atoms with van der Waals surface area (Å²) in [6.45, 7) is 4.39. The van der Waals surface area contributed by atoms with E-state index >= 15 is 0 Å². The highest BCUT2D eigenvalue weighted by Crippen LogP contribution is 2.24. The van der Waals surface area contributed by atoms with Crippen LogP contribution in [0.4, 0.5) is 5.82 Å². The highest BCUT2D eigenvalue weighted by molar-refractivity contribution is 5.32. The standard InChI is InChI=1S/C14H17N3O/c1-3-10(2)11-4-6-12(7-5-11)18-14-9-16-13(15)8-17-14/h4-10H,3H2,1-2H3,(H2,15,16). The van der Waals surface area contributed by atoms with Crippen LogP contribution in [0.1, 0.15) is 31.7 Å². The average Bonchev–Trinajstić information content (AvgIpc) is 2.41. The quantitative estimate of drug-likeness (QED) is 0.894. The van der Waals surface area contributed by atoms with Gasteiger partial charge in [-0.2, -0.15) is 0 Å². The van der Waals surface area contributed by atoms with Crippen LogP contribution in [0, 0.1) is 0 Å². The summed E-state index contributed by atoms with van der Waals surface area (Å²) in [7, 11) is 0. The van der Waals surface area contributed by atoms with Gasteiger partial charge in [-0.25, -0.2) is 9.97 Å². The molecule has 4 nitrogen and oxygen atoms in total. The van der Waals surface area contributed by atoms with Crippen LogP contribution in [0.25, 0.3) is 0 Å². The van der Waals surface area contributed by atoms with Crippen molar-refractivity contribution in [3.63, 3.8) is 0 Å². The monoisotopic (exact) mass is 243 g/mol. The van der Waals surface area contributed by atoms with E-state index in [1.165, 1.54) is 18.0 Å². The molecular formula is C14H17N3O. The van der Waals surface area contributed by atoms with Gasteiger partial charge >= 0.3 is 0 Å². The number of hydrogen-bond acceptors (Lipinski definition) is 4. The molecule has 0 aliphatic heterocycles. The summed E-state index contributed by atoms with van der Waals surface area (Å²) in [5, 5.41) is 0. The van der Waals surface area contributed by atoms with Gasteiger partial charge in [-0.3, -0.25) is 0 Å². The smallest absolute Gasteiger partial charge is 0.237 e. The Morgan fingerprint density at radius 1 is 1.17 bits per heavy atom. The number of benzene rings is 1. The highest BCUT2D eigenvalue weighted by Gasteiger charge is 2.04. The van der Waals surface area contributed by atoms with Crippen LogP contribution in [-0.2, 0) is 0 Å². The zero-order valence-corrected chi connectivity index (χ0v) is 10.6. The molecular weight excluding hydrogens is 226 g/mol. The minimum atomic E-state index is 0.384. The number of anilines is 1. The number of rotatable bonds is 4. The Labute approximate surface area is 107 Å². The zero-order chi connectivity index (χ0) is 13.0. The van der Waals surface area contributed by atoms with Gasteiger partial charge in [0, 0.05) is 0 Å². The average molecular weight is 243 g/mol. The van der Waals surface area contributed by atoms with Crippen molar-refractivity contribution in [3.8, 4) is 11.6 Å². The van der Waals surface area contributed by atoms with Gasteiger partial charge in [0.05, 0.1) is 12.4 Å². The van der Waals surface area contributed by atoms with Crippen molar-refractivity contribution in [3.05, 3.63) is 42.2 Å². The van der Waals surface area contributed by atoms with Crippen LogP contribution in [0.5, 0.6) is 11.6 Å². The van der Waals surface area contributed by atoms with Crippen LogP contribution in [0.15, 0.2) is 36.7 Å². The van der Waals surface area contributed by atoms with Gasteiger partial charge in [0.25, 0.3) is 0 Å². The van der Waals surface area contributed by atoms with Gasteiger partial charge in [0.15, 0.2) is 0 Å². The molecule has 4 heteroatoms. The maximum Gasteiger partial charge on any atom is 0.237 e. The lowest BCUT2D eigenvalue weighted by molar-refractivity contribution is 0.460. The molecule has 0 aliphatic rings. The summed E-state index contributed by atoms with van der Waals surface area (Å²) >= 11 is 0. The second-order valence-electron chi connectivity index (χ2n) is 4.26. The number of nitrogen functional groups attached to an aromatic ring is 1. The molecule has 0 aliphatic carbocycles. The molecule has 1 aromatic heterocycles. The molecule has 94 valence electrons. The van der Waals surface area contributed by atoms with E-state index in [4.69, 9.17) is 10.5 Å². The molecule has 18 heavy (non-hydrogen) atoms. The second kappa shape index (κ2) is 5.49. The minimum absolute atomic E-state index is 0.384. The number of nitrogens with zero attached hydrogens (tertiary/aromatic N) is 2. The molecule has 2 N–H and O–H groups in total. The zero-order valence-electron chi connectivity index (χ0n) is 10.6. The third-order valence-electron chi connectivity index (χ3n) is 2.93. The van der Waals surface area contributed by atoms with Gasteiger partial charge in [0.1, 0.15) is 11.6 Å². The summed E-state index contributed by atoms with van der Waals surface area (Å²) < 4.78 is 5.57. The van der Waals surface area contributed by atoms with Gasteiger partial charge in [-0.15, -0.1) is 0 Å². The van der Waals surface area contributed by atoms with Crippen LogP contribution in [-0.4, -0.2) is 9.97 Å². The fraction of sp³-hybridized carbons (Fsp3) is 0.286. The van der Waals surface area contributed by atoms with Crippen molar-refractivity contribution >= 4 is 5.82 Å². The first kappa shape index (κ1) is 12.4. The van der Waals surface area contributed by atoms with Crippen molar-refractivity contribution in [1.29, 1.82) is 0 Å². The van der Waals surface area contributed by atoms with E-state index in [2.05, 4.69) is 35.9 Å². The number of nitrogens with two attached hydrogens (primary N) is 1. The minimum Gasteiger partial charge on any atom is -0.438 e. The van der Waals surface area contributed by atoms with Crippen LogP contribution < -0.4 is 10.5 Å². The van der Waals surface area contributed by atoms with Crippen molar-refractivity contribution in [2.24, 2.45) is 0 Å². The highest BCUT2D eigenvalue weighted by atomic mass is 16.5. The van der Waals surface area contributed by atoms with Crippen LogP contribution >= 0.6 is 0 Å². The molecule has 2 aromatic rings. The predicted molar refractivity (Wildman–Crippen MR) is 71.7 cm³/mol. The van der Waals surface area contributed by atoms with Crippen molar-refractivity contribution in [1.82, 2.24) is 9.97 Å². The SMILES string of the molecule is CCC(C)c1ccc(Oc2cnc(N)cn2)cc1. The van der Waals surface area contributed by atoms with Gasteiger partial charge in [-0.05, 0) is 30.0 Å². The lowest BCUT2D eigenvalue weighted by Gasteiger charge is -2.10. The first-order valence-corrected chi connectivity index (χ1v) is 6.04. The van der Waals surface area contributed by atoms with E-state index < -0.39 is 0 Å². The van der Waals surface area contributed by atoms with Gasteiger partial charge < -0.3 is 10.5 Å². The summed E-state index contributed by atoms with van der Waals surface area (Å²) in [5.74, 6) is 2.14. The second-order valence-corrected chi connectivity index (χ2v) is 4.26. The maximum atomic E-state index is 5.57. The van der Waals surface area contributed by atoms with Crippen LogP contribution in [0.2, 0.25) is 0 Å². The topological polar surface area (TPSA) is 61.0 Å². The van der Waals surface area contributed by atoms with Gasteiger partial charge in [-0.1, -0.05) is 26.0 Å². The molecule has 0 spiro atoms. The van der Waals surface area contributed by atoms with E-state index in [0.29, 0.717) is 17.6 Å². The molecule has 0 fully saturated rings. The molecule has 0 bridgehead atoms. The Bertz CT molecular complexity index is 493. The van der Waals surface area contributed by atoms with E-state index in [1.807, 2.05) is 12.1 Å². The predicted octanol–water partition coefficient (Wildman–Crippen LogP) is 3.36. The summed E-state index contributed by atoms with van der Waals surface area (Å²) in [6.07, 6.45) is 4.12. The van der Waals surface area contributed by atoms with Crippen molar-refractivity contribution < 1.29 is 4.74 Å². The van der Waals surface area contributed by atoms with Crippen molar-refractivity contribution in [2.45, 2.75) is 26.2 Å². The Morgan fingerprint density at radius 2 is 1.89 bits per heavy atom. The molecule has 0 saturated carbocycles. The Morgan fingerprint density at radius 3 is 2.44 bits per heavy atom. The van der Waals surface area contributed by atoms with E-state index in [1.54, 1.807) is 0 Å². The van der Waals surface area contributed by atoms with Crippen LogP contribution in [0.3, 0.4) is 0 Å². The summed E-state index contributed by atoms with van der Waals surface area (Å²) in [5.41, 5.74) is 6.77. The third-order valence-corrected chi connectivity index (χ3v) is 2.93. The molecule has 1 heterocycles. The summed E-state index contributed by atoms with van der Waals surface area (Å²) in [4.78, 5) is 7.96. The number of hydrogen-bond donors (Lipinski definition) is 1. The summed E-state index contributed by atoms with van der Waals surface area (Å²) in [6, 6.07) is 8.04. The molecule has 0 radical (unpaired) electrons. The maximum absolute atomic E-state index is 5.57. The van der Waals surface area contributed by atoms with Gasteiger partial charge in [0.2, 0.25) is 5.88 Å². The molecule has 2 rings (SSSR count). The number of ether oxygens (including phenoxy) is 1. The van der Waals surface area contributed by atoms with E-state index in [9.17, 15) is 0 Å². The Hall–Kier alpha value is -2.10.